The molecule has 2 aliphatic rings. The molecule has 1 saturated heterocycles. The normalized spacial score (nSPS) is 17.9. The number of methoxy groups -OCH3 is 1. The van der Waals surface area contributed by atoms with Crippen molar-refractivity contribution in [3.05, 3.63) is 36.4 Å². The van der Waals surface area contributed by atoms with Gasteiger partial charge in [-0.1, -0.05) is 19.8 Å². The number of piperazine rings is 1. The van der Waals surface area contributed by atoms with Gasteiger partial charge in [-0.15, -0.1) is 10.2 Å². The van der Waals surface area contributed by atoms with Crippen LogP contribution < -0.4 is 15.0 Å². The van der Waals surface area contributed by atoms with Gasteiger partial charge in [0, 0.05) is 50.9 Å². The van der Waals surface area contributed by atoms with Crippen molar-refractivity contribution < 1.29 is 4.74 Å². The maximum Gasteiger partial charge on any atom is 0.194 e. The number of aromatic nitrogens is 3. The van der Waals surface area contributed by atoms with E-state index in [0.717, 1.165) is 63.2 Å². The summed E-state index contributed by atoms with van der Waals surface area (Å²) in [6, 6.07) is 8.91. The predicted octanol–water partition coefficient (Wildman–Crippen LogP) is 2.56. The topological polar surface area (TPSA) is 70.8 Å². The van der Waals surface area contributed by atoms with Crippen LogP contribution in [-0.4, -0.2) is 71.5 Å². The lowest BCUT2D eigenvalue weighted by atomic mass is 10.2. The van der Waals surface area contributed by atoms with Crippen molar-refractivity contribution in [1.82, 2.24) is 25.0 Å². The Balaban J connectivity index is 1.37. The van der Waals surface area contributed by atoms with Crippen LogP contribution in [0.15, 0.2) is 35.6 Å². The lowest BCUT2D eigenvalue weighted by molar-refractivity contribution is 0.365. The van der Waals surface area contributed by atoms with Gasteiger partial charge in [0.2, 0.25) is 0 Å². The second kappa shape index (κ2) is 10.5. The number of anilines is 1. The number of aliphatic imine (C=N–C) groups is 1. The molecule has 0 atom stereocenters. The van der Waals surface area contributed by atoms with Crippen molar-refractivity contribution in [2.75, 3.05) is 44.7 Å². The van der Waals surface area contributed by atoms with Crippen LogP contribution in [0.2, 0.25) is 0 Å². The van der Waals surface area contributed by atoms with E-state index < -0.39 is 0 Å². The van der Waals surface area contributed by atoms with Crippen LogP contribution in [-0.2, 0) is 13.0 Å². The van der Waals surface area contributed by atoms with Crippen molar-refractivity contribution >= 4 is 11.6 Å². The standard InChI is InChI=1S/C23H35N7O/c1-3-22-27-25-18-30(22)13-12-24-23(26-19-6-4-5-7-19)29-16-14-28(15-17-29)20-8-10-21(31-2)11-9-20/h8-11,18-19H,3-7,12-17H2,1-2H3,(H,24,26). The summed E-state index contributed by atoms with van der Waals surface area (Å²) in [4.78, 5) is 9.86. The minimum atomic E-state index is 0.555. The molecule has 168 valence electrons. The molecule has 2 heterocycles. The van der Waals surface area contributed by atoms with Gasteiger partial charge < -0.3 is 24.4 Å². The van der Waals surface area contributed by atoms with Gasteiger partial charge in [0.1, 0.15) is 17.9 Å². The quantitative estimate of drug-likeness (QED) is 0.543. The lowest BCUT2D eigenvalue weighted by Crippen LogP contribution is -2.54. The molecular formula is C23H35N7O. The molecule has 31 heavy (non-hydrogen) atoms. The molecule has 1 aliphatic heterocycles. The van der Waals surface area contributed by atoms with Crippen LogP contribution in [0, 0.1) is 0 Å². The summed E-state index contributed by atoms with van der Waals surface area (Å²) in [5.74, 6) is 2.98. The summed E-state index contributed by atoms with van der Waals surface area (Å²) in [6.07, 6.45) is 7.83. The Morgan fingerprint density at radius 1 is 1.13 bits per heavy atom. The monoisotopic (exact) mass is 425 g/mol. The van der Waals surface area contributed by atoms with Crippen LogP contribution in [0.25, 0.3) is 0 Å². The molecule has 0 radical (unpaired) electrons. The highest BCUT2D eigenvalue weighted by molar-refractivity contribution is 5.80. The molecule has 1 aromatic heterocycles. The average molecular weight is 426 g/mol. The number of nitrogens with zero attached hydrogens (tertiary/aromatic N) is 6. The lowest BCUT2D eigenvalue weighted by Gasteiger charge is -2.38. The van der Waals surface area contributed by atoms with Crippen molar-refractivity contribution in [2.45, 2.75) is 51.6 Å². The van der Waals surface area contributed by atoms with Crippen LogP contribution in [0.1, 0.15) is 38.4 Å². The first-order valence-corrected chi connectivity index (χ1v) is 11.6. The molecule has 2 fully saturated rings. The van der Waals surface area contributed by atoms with Crippen LogP contribution in [0.4, 0.5) is 5.69 Å². The summed E-state index contributed by atoms with van der Waals surface area (Å²) in [6.45, 7) is 7.58. The zero-order valence-corrected chi connectivity index (χ0v) is 18.8. The number of rotatable bonds is 7. The highest BCUT2D eigenvalue weighted by Crippen LogP contribution is 2.21. The number of guanidine groups is 1. The molecule has 0 spiro atoms. The molecule has 1 N–H and O–H groups in total. The Bertz CT molecular complexity index is 834. The van der Waals surface area contributed by atoms with E-state index in [4.69, 9.17) is 9.73 Å². The minimum Gasteiger partial charge on any atom is -0.497 e. The second-order valence-corrected chi connectivity index (χ2v) is 8.30. The van der Waals surface area contributed by atoms with E-state index in [9.17, 15) is 0 Å². The third-order valence-electron chi connectivity index (χ3n) is 6.32. The molecule has 1 saturated carbocycles. The third-order valence-corrected chi connectivity index (χ3v) is 6.32. The van der Waals surface area contributed by atoms with Gasteiger partial charge in [0.15, 0.2) is 5.96 Å². The largest absolute Gasteiger partial charge is 0.497 e. The first-order chi connectivity index (χ1) is 15.3. The van der Waals surface area contributed by atoms with E-state index in [1.165, 1.54) is 31.4 Å². The average Bonchev–Trinajstić information content (AvgIpc) is 3.50. The molecule has 0 bridgehead atoms. The molecule has 1 aliphatic carbocycles. The summed E-state index contributed by atoms with van der Waals surface area (Å²) < 4.78 is 7.40. The molecule has 8 heteroatoms. The SMILES string of the molecule is CCc1nncn1CCN=C(NC1CCCC1)N1CCN(c2ccc(OC)cc2)CC1. The maximum atomic E-state index is 5.29. The number of benzene rings is 1. The van der Waals surface area contributed by atoms with Gasteiger partial charge in [0.05, 0.1) is 13.7 Å². The van der Waals surface area contributed by atoms with E-state index in [0.29, 0.717) is 6.04 Å². The Morgan fingerprint density at radius 2 is 1.87 bits per heavy atom. The zero-order valence-electron chi connectivity index (χ0n) is 18.8. The van der Waals surface area contributed by atoms with E-state index in [-0.39, 0.29) is 0 Å². The molecule has 1 aromatic carbocycles. The number of aryl methyl sites for hydroxylation is 1. The Hall–Kier alpha value is -2.77. The van der Waals surface area contributed by atoms with Gasteiger partial charge in [0.25, 0.3) is 0 Å². The van der Waals surface area contributed by atoms with Gasteiger partial charge in [-0.2, -0.15) is 0 Å². The molecule has 2 aromatic rings. The van der Waals surface area contributed by atoms with Crippen LogP contribution >= 0.6 is 0 Å². The van der Waals surface area contributed by atoms with E-state index in [2.05, 4.69) is 48.9 Å². The fraction of sp³-hybridized carbons (Fsp3) is 0.609. The van der Waals surface area contributed by atoms with E-state index >= 15 is 0 Å². The van der Waals surface area contributed by atoms with Crippen molar-refractivity contribution in [3.8, 4) is 5.75 Å². The molecule has 8 nitrogen and oxygen atoms in total. The van der Waals surface area contributed by atoms with Crippen molar-refractivity contribution in [1.29, 1.82) is 0 Å². The first kappa shape index (κ1) is 21.5. The Kier molecular flexibility index (Phi) is 7.27. The highest BCUT2D eigenvalue weighted by atomic mass is 16.5. The minimum absolute atomic E-state index is 0.555. The molecular weight excluding hydrogens is 390 g/mol. The highest BCUT2D eigenvalue weighted by Gasteiger charge is 2.23. The Morgan fingerprint density at radius 3 is 2.55 bits per heavy atom. The number of hydrogen-bond donors (Lipinski definition) is 1. The fourth-order valence-electron chi connectivity index (χ4n) is 4.46. The number of ether oxygens (including phenoxy) is 1. The third kappa shape index (κ3) is 5.48. The number of hydrogen-bond acceptors (Lipinski definition) is 5. The van der Waals surface area contributed by atoms with Crippen molar-refractivity contribution in [2.24, 2.45) is 4.99 Å². The summed E-state index contributed by atoms with van der Waals surface area (Å²) in [7, 11) is 1.71. The van der Waals surface area contributed by atoms with Gasteiger partial charge in [-0.25, -0.2) is 0 Å². The smallest absolute Gasteiger partial charge is 0.194 e. The molecule has 0 unspecified atom stereocenters. The summed E-state index contributed by atoms with van der Waals surface area (Å²) in [5, 5.41) is 12.0. The Labute approximate surface area is 185 Å². The second-order valence-electron chi connectivity index (χ2n) is 8.30. The van der Waals surface area contributed by atoms with Crippen LogP contribution in [0.5, 0.6) is 5.75 Å². The zero-order chi connectivity index (χ0) is 21.5. The fourth-order valence-corrected chi connectivity index (χ4v) is 4.46. The number of nitrogens with one attached hydrogen (secondary N) is 1. The van der Waals surface area contributed by atoms with E-state index in [1.54, 1.807) is 7.11 Å². The summed E-state index contributed by atoms with van der Waals surface area (Å²) >= 11 is 0. The maximum absolute atomic E-state index is 5.29. The van der Waals surface area contributed by atoms with Gasteiger partial charge >= 0.3 is 0 Å². The molecule has 0 amide bonds. The van der Waals surface area contributed by atoms with Crippen LogP contribution in [0.3, 0.4) is 0 Å². The van der Waals surface area contributed by atoms with Gasteiger partial charge in [-0.05, 0) is 37.1 Å². The summed E-state index contributed by atoms with van der Waals surface area (Å²) in [5.41, 5.74) is 1.25. The van der Waals surface area contributed by atoms with E-state index in [1.807, 2.05) is 18.5 Å². The van der Waals surface area contributed by atoms with Crippen molar-refractivity contribution in [3.63, 3.8) is 0 Å². The predicted molar refractivity (Wildman–Crippen MR) is 124 cm³/mol. The molecule has 4 rings (SSSR count). The van der Waals surface area contributed by atoms with Gasteiger partial charge in [-0.3, -0.25) is 4.99 Å². The first-order valence-electron chi connectivity index (χ1n) is 11.6.